The van der Waals surface area contributed by atoms with Crippen LogP contribution in [0.25, 0.3) is 11.3 Å². The third-order valence-corrected chi connectivity index (χ3v) is 8.25. The molecule has 1 aliphatic rings. The monoisotopic (exact) mass is 455 g/mol. The molecule has 1 amide bonds. The molecule has 0 fully saturated rings. The number of benzene rings is 2. The molecule has 1 aliphatic heterocycles. The normalized spacial score (nSPS) is 13.6. The first-order valence-electron chi connectivity index (χ1n) is 10.1. The van der Waals surface area contributed by atoms with Crippen LogP contribution in [0.1, 0.15) is 21.0 Å². The average Bonchev–Trinajstić information content (AvgIpc) is 3.31. The van der Waals surface area contributed by atoms with Crippen molar-refractivity contribution in [2.24, 2.45) is 0 Å². The molecule has 162 valence electrons. The summed E-state index contributed by atoms with van der Waals surface area (Å²) < 4.78 is 26.0. The standard InChI is InChI=1S/C23H25N3O3S2/c1-15-5-7-17(8-6-15)23-21(30-16(2)24-23)14-22(27)26-12-11-18-13-19(9-10-20(18)26)31(28,29)25(3)4/h5-10,13H,11-12,14H2,1-4H3. The molecule has 2 heterocycles. The van der Waals surface area contributed by atoms with Crippen molar-refractivity contribution in [1.82, 2.24) is 9.29 Å². The number of fused-ring (bicyclic) bond motifs is 1. The van der Waals surface area contributed by atoms with E-state index in [-0.39, 0.29) is 17.2 Å². The van der Waals surface area contributed by atoms with Crippen molar-refractivity contribution in [3.8, 4) is 11.3 Å². The number of sulfonamides is 1. The van der Waals surface area contributed by atoms with E-state index >= 15 is 0 Å². The molecule has 0 N–H and O–H groups in total. The van der Waals surface area contributed by atoms with Gasteiger partial charge in [-0.1, -0.05) is 29.8 Å². The van der Waals surface area contributed by atoms with E-state index in [1.807, 2.05) is 38.1 Å². The molecule has 2 aromatic carbocycles. The lowest BCUT2D eigenvalue weighted by molar-refractivity contribution is -0.117. The number of hydrogen-bond donors (Lipinski definition) is 0. The number of hydrogen-bond acceptors (Lipinski definition) is 5. The van der Waals surface area contributed by atoms with Crippen LogP contribution in [0.3, 0.4) is 0 Å². The van der Waals surface area contributed by atoms with Gasteiger partial charge in [0, 0.05) is 36.8 Å². The van der Waals surface area contributed by atoms with Crippen LogP contribution in [0.4, 0.5) is 5.69 Å². The summed E-state index contributed by atoms with van der Waals surface area (Å²) in [5.74, 6) is -0.000946. The van der Waals surface area contributed by atoms with Crippen molar-refractivity contribution >= 4 is 33.0 Å². The molecule has 0 saturated heterocycles. The van der Waals surface area contributed by atoms with Crippen LogP contribution in [0.2, 0.25) is 0 Å². The van der Waals surface area contributed by atoms with Gasteiger partial charge in [-0.2, -0.15) is 0 Å². The lowest BCUT2D eigenvalue weighted by Gasteiger charge is -2.18. The van der Waals surface area contributed by atoms with E-state index in [4.69, 9.17) is 0 Å². The maximum atomic E-state index is 13.2. The van der Waals surface area contributed by atoms with Crippen molar-refractivity contribution in [2.45, 2.75) is 31.6 Å². The third kappa shape index (κ3) is 4.15. The molecule has 3 aromatic rings. The van der Waals surface area contributed by atoms with Gasteiger partial charge in [-0.3, -0.25) is 4.79 Å². The maximum absolute atomic E-state index is 13.2. The molecule has 1 aromatic heterocycles. The van der Waals surface area contributed by atoms with E-state index in [1.165, 1.54) is 24.0 Å². The SMILES string of the molecule is Cc1ccc(-c2nc(C)sc2CC(=O)N2CCc3cc(S(=O)(=O)N(C)C)ccc32)cc1. The molecule has 0 spiro atoms. The molecule has 0 unspecified atom stereocenters. The second kappa shape index (κ2) is 8.18. The Morgan fingerprint density at radius 1 is 1.13 bits per heavy atom. The zero-order chi connectivity index (χ0) is 22.3. The largest absolute Gasteiger partial charge is 0.312 e. The molecule has 0 aliphatic carbocycles. The Labute approximate surface area is 187 Å². The van der Waals surface area contributed by atoms with E-state index in [0.717, 1.165) is 32.4 Å². The van der Waals surface area contributed by atoms with Gasteiger partial charge in [0.25, 0.3) is 0 Å². The van der Waals surface area contributed by atoms with Gasteiger partial charge in [0.05, 0.1) is 22.0 Å². The molecular weight excluding hydrogens is 430 g/mol. The van der Waals surface area contributed by atoms with Gasteiger partial charge in [0.1, 0.15) is 0 Å². The maximum Gasteiger partial charge on any atom is 0.242 e. The summed E-state index contributed by atoms with van der Waals surface area (Å²) in [5, 5.41) is 0.929. The second-order valence-electron chi connectivity index (χ2n) is 7.92. The Bertz CT molecular complexity index is 1250. The van der Waals surface area contributed by atoms with E-state index in [1.54, 1.807) is 34.4 Å². The van der Waals surface area contributed by atoms with Gasteiger partial charge in [0.15, 0.2) is 0 Å². The highest BCUT2D eigenvalue weighted by Crippen LogP contribution is 2.33. The van der Waals surface area contributed by atoms with Crippen molar-refractivity contribution in [2.75, 3.05) is 25.5 Å². The minimum atomic E-state index is -3.50. The zero-order valence-electron chi connectivity index (χ0n) is 18.0. The zero-order valence-corrected chi connectivity index (χ0v) is 19.7. The van der Waals surface area contributed by atoms with Crippen molar-refractivity contribution < 1.29 is 13.2 Å². The van der Waals surface area contributed by atoms with Gasteiger partial charge in [-0.25, -0.2) is 17.7 Å². The number of thiazole rings is 1. The molecule has 0 atom stereocenters. The number of carbonyl (C=O) groups is 1. The minimum Gasteiger partial charge on any atom is -0.312 e. The average molecular weight is 456 g/mol. The Hall–Kier alpha value is -2.55. The summed E-state index contributed by atoms with van der Waals surface area (Å²) in [6.07, 6.45) is 0.913. The highest BCUT2D eigenvalue weighted by atomic mass is 32.2. The summed E-state index contributed by atoms with van der Waals surface area (Å²) in [4.78, 5) is 20.8. The van der Waals surface area contributed by atoms with Gasteiger partial charge in [-0.15, -0.1) is 11.3 Å². The van der Waals surface area contributed by atoms with E-state index in [0.29, 0.717) is 13.0 Å². The topological polar surface area (TPSA) is 70.6 Å². The predicted molar refractivity (Wildman–Crippen MR) is 124 cm³/mol. The number of carbonyl (C=O) groups excluding carboxylic acids is 1. The first-order valence-corrected chi connectivity index (χ1v) is 12.3. The van der Waals surface area contributed by atoms with Crippen LogP contribution in [0.5, 0.6) is 0 Å². The van der Waals surface area contributed by atoms with E-state index in [9.17, 15) is 13.2 Å². The Kier molecular flexibility index (Phi) is 5.72. The lowest BCUT2D eigenvalue weighted by Crippen LogP contribution is -2.30. The Morgan fingerprint density at radius 3 is 2.52 bits per heavy atom. The summed E-state index contributed by atoms with van der Waals surface area (Å²) >= 11 is 1.55. The molecular formula is C23H25N3O3S2. The quantitative estimate of drug-likeness (QED) is 0.587. The number of nitrogens with zero attached hydrogens (tertiary/aromatic N) is 3. The molecule has 0 bridgehead atoms. The number of amides is 1. The van der Waals surface area contributed by atoms with Gasteiger partial charge in [-0.05, 0) is 44.0 Å². The van der Waals surface area contributed by atoms with Gasteiger partial charge >= 0.3 is 0 Å². The molecule has 0 radical (unpaired) electrons. The first-order chi connectivity index (χ1) is 14.7. The highest BCUT2D eigenvalue weighted by molar-refractivity contribution is 7.89. The summed E-state index contributed by atoms with van der Waals surface area (Å²) in [6, 6.07) is 13.2. The molecule has 31 heavy (non-hydrogen) atoms. The third-order valence-electron chi connectivity index (χ3n) is 5.47. The Balaban J connectivity index is 1.59. The summed E-state index contributed by atoms with van der Waals surface area (Å²) in [6.45, 7) is 4.55. The number of aryl methyl sites for hydroxylation is 2. The lowest BCUT2D eigenvalue weighted by atomic mass is 10.1. The Morgan fingerprint density at radius 2 is 1.84 bits per heavy atom. The second-order valence-corrected chi connectivity index (χ2v) is 11.4. The smallest absolute Gasteiger partial charge is 0.242 e. The van der Waals surface area contributed by atoms with Crippen LogP contribution in [-0.4, -0.2) is 44.3 Å². The van der Waals surface area contributed by atoms with Crippen molar-refractivity contribution in [1.29, 1.82) is 0 Å². The number of rotatable bonds is 5. The molecule has 6 nitrogen and oxygen atoms in total. The predicted octanol–water partition coefficient (Wildman–Crippen LogP) is 3.81. The molecule has 0 saturated carbocycles. The molecule has 4 rings (SSSR count). The summed E-state index contributed by atoms with van der Waals surface area (Å²) in [7, 11) is -0.468. The first kappa shape index (κ1) is 21.7. The highest BCUT2D eigenvalue weighted by Gasteiger charge is 2.28. The number of anilines is 1. The fraction of sp³-hybridized carbons (Fsp3) is 0.304. The minimum absolute atomic E-state index is 0.000946. The van der Waals surface area contributed by atoms with Crippen LogP contribution < -0.4 is 4.90 Å². The van der Waals surface area contributed by atoms with Crippen LogP contribution in [0.15, 0.2) is 47.4 Å². The van der Waals surface area contributed by atoms with Crippen molar-refractivity contribution in [3.63, 3.8) is 0 Å². The van der Waals surface area contributed by atoms with Gasteiger partial charge in [0.2, 0.25) is 15.9 Å². The van der Waals surface area contributed by atoms with Gasteiger partial charge < -0.3 is 4.90 Å². The fourth-order valence-electron chi connectivity index (χ4n) is 3.77. The fourth-order valence-corrected chi connectivity index (χ4v) is 5.67. The van der Waals surface area contributed by atoms with E-state index in [2.05, 4.69) is 4.98 Å². The number of aromatic nitrogens is 1. The summed E-state index contributed by atoms with van der Waals surface area (Å²) in [5.41, 5.74) is 4.73. The molecule has 8 heteroatoms. The van der Waals surface area contributed by atoms with Crippen LogP contribution in [-0.2, 0) is 27.7 Å². The van der Waals surface area contributed by atoms with Crippen LogP contribution in [0, 0.1) is 13.8 Å². The van der Waals surface area contributed by atoms with E-state index < -0.39 is 10.0 Å². The van der Waals surface area contributed by atoms with Crippen molar-refractivity contribution in [3.05, 3.63) is 63.5 Å². The van der Waals surface area contributed by atoms with Crippen LogP contribution >= 0.6 is 11.3 Å².